The standard InChI is InChI=1S/C17H24N2O5/c1-12(20)14-7-15(9-19(8-14)10-16(21)22)18-17(23)24-11-13-5-3-2-4-6-13/h2-6,12,14-15,20H,7-11H2,1H3,(H,18,23)(H,21,22). The average molecular weight is 336 g/mol. The Labute approximate surface area is 141 Å². The van der Waals surface area contributed by atoms with Crippen molar-refractivity contribution in [3.05, 3.63) is 35.9 Å². The summed E-state index contributed by atoms with van der Waals surface area (Å²) in [6.45, 7) is 2.68. The maximum absolute atomic E-state index is 12.0. The molecule has 7 heteroatoms. The second kappa shape index (κ2) is 8.65. The van der Waals surface area contributed by atoms with E-state index in [4.69, 9.17) is 9.84 Å². The van der Waals surface area contributed by atoms with E-state index < -0.39 is 18.2 Å². The number of aliphatic hydroxyl groups is 1. The molecule has 0 spiro atoms. The van der Waals surface area contributed by atoms with Crippen molar-refractivity contribution in [2.24, 2.45) is 5.92 Å². The number of aliphatic hydroxyl groups excluding tert-OH is 1. The van der Waals surface area contributed by atoms with Gasteiger partial charge < -0.3 is 20.3 Å². The minimum atomic E-state index is -0.924. The van der Waals surface area contributed by atoms with E-state index in [2.05, 4.69) is 5.32 Å². The molecule has 0 aliphatic carbocycles. The molecule has 3 unspecified atom stereocenters. The molecule has 0 bridgehead atoms. The number of rotatable bonds is 6. The molecule has 7 nitrogen and oxygen atoms in total. The number of likely N-dealkylation sites (tertiary alicyclic amines) is 1. The van der Waals surface area contributed by atoms with Gasteiger partial charge in [-0.3, -0.25) is 9.69 Å². The van der Waals surface area contributed by atoms with Crippen LogP contribution in [0.3, 0.4) is 0 Å². The fraction of sp³-hybridized carbons (Fsp3) is 0.529. The van der Waals surface area contributed by atoms with Gasteiger partial charge in [-0.25, -0.2) is 4.79 Å². The Morgan fingerprint density at radius 1 is 1.33 bits per heavy atom. The zero-order valence-electron chi connectivity index (χ0n) is 13.7. The van der Waals surface area contributed by atoms with E-state index in [1.54, 1.807) is 11.8 Å². The number of aliphatic carboxylic acids is 1. The van der Waals surface area contributed by atoms with Gasteiger partial charge in [0, 0.05) is 19.1 Å². The van der Waals surface area contributed by atoms with Crippen LogP contribution in [0.2, 0.25) is 0 Å². The summed E-state index contributed by atoms with van der Waals surface area (Å²) in [5.41, 5.74) is 0.894. The van der Waals surface area contributed by atoms with Crippen LogP contribution in [-0.2, 0) is 16.1 Å². The Bertz CT molecular complexity index is 549. The van der Waals surface area contributed by atoms with E-state index >= 15 is 0 Å². The third-order valence-corrected chi connectivity index (χ3v) is 4.13. The summed E-state index contributed by atoms with van der Waals surface area (Å²) in [6.07, 6.45) is -0.509. The van der Waals surface area contributed by atoms with Crippen molar-refractivity contribution in [2.75, 3.05) is 19.6 Å². The molecule has 2 rings (SSSR count). The molecule has 132 valence electrons. The van der Waals surface area contributed by atoms with Crippen molar-refractivity contribution in [2.45, 2.75) is 32.1 Å². The van der Waals surface area contributed by atoms with Gasteiger partial charge in [0.1, 0.15) is 6.61 Å². The summed E-state index contributed by atoms with van der Waals surface area (Å²) in [4.78, 5) is 24.6. The van der Waals surface area contributed by atoms with Crippen LogP contribution in [0, 0.1) is 5.92 Å². The minimum absolute atomic E-state index is 0.0856. The third-order valence-electron chi connectivity index (χ3n) is 4.13. The van der Waals surface area contributed by atoms with Gasteiger partial charge in [0.15, 0.2) is 0 Å². The molecule has 1 aliphatic heterocycles. The number of carboxylic acid groups (broad SMARTS) is 1. The van der Waals surface area contributed by atoms with E-state index in [1.165, 1.54) is 0 Å². The molecule has 1 saturated heterocycles. The molecule has 1 aromatic rings. The molecule has 1 aromatic carbocycles. The van der Waals surface area contributed by atoms with Crippen LogP contribution in [-0.4, -0.2) is 59.0 Å². The van der Waals surface area contributed by atoms with Crippen LogP contribution >= 0.6 is 0 Å². The van der Waals surface area contributed by atoms with Crippen molar-refractivity contribution >= 4 is 12.1 Å². The number of carbonyl (C=O) groups excluding carboxylic acids is 1. The number of hydrogen-bond donors (Lipinski definition) is 3. The van der Waals surface area contributed by atoms with Crippen LogP contribution in [0.4, 0.5) is 4.79 Å². The van der Waals surface area contributed by atoms with E-state index in [0.29, 0.717) is 19.5 Å². The number of carboxylic acids is 1. The molecular weight excluding hydrogens is 312 g/mol. The van der Waals surface area contributed by atoms with Crippen LogP contribution in [0.25, 0.3) is 0 Å². The first-order chi connectivity index (χ1) is 11.4. The van der Waals surface area contributed by atoms with Gasteiger partial charge in [0.2, 0.25) is 0 Å². The van der Waals surface area contributed by atoms with Gasteiger partial charge in [-0.05, 0) is 24.8 Å². The van der Waals surface area contributed by atoms with Gasteiger partial charge in [0.05, 0.1) is 12.6 Å². The quantitative estimate of drug-likeness (QED) is 0.719. The molecule has 3 N–H and O–H groups in total. The second-order valence-electron chi connectivity index (χ2n) is 6.23. The van der Waals surface area contributed by atoms with Crippen LogP contribution < -0.4 is 5.32 Å². The number of amides is 1. The molecule has 1 aliphatic rings. The van der Waals surface area contributed by atoms with Crippen LogP contribution in [0.1, 0.15) is 18.9 Å². The monoisotopic (exact) mass is 336 g/mol. The minimum Gasteiger partial charge on any atom is -0.480 e. The Morgan fingerprint density at radius 2 is 2.04 bits per heavy atom. The summed E-state index contributed by atoms with van der Waals surface area (Å²) in [6, 6.07) is 9.11. The molecule has 0 saturated carbocycles. The van der Waals surface area contributed by atoms with Gasteiger partial charge in [-0.15, -0.1) is 0 Å². The number of nitrogens with one attached hydrogen (secondary N) is 1. The molecule has 3 atom stereocenters. The Morgan fingerprint density at radius 3 is 2.67 bits per heavy atom. The lowest BCUT2D eigenvalue weighted by Gasteiger charge is -2.38. The Hall–Kier alpha value is -2.12. The highest BCUT2D eigenvalue weighted by Crippen LogP contribution is 2.20. The highest BCUT2D eigenvalue weighted by atomic mass is 16.5. The normalized spacial score (nSPS) is 22.6. The van der Waals surface area contributed by atoms with Crippen LogP contribution in [0.15, 0.2) is 30.3 Å². The number of ether oxygens (including phenoxy) is 1. The molecule has 1 heterocycles. The number of hydrogen-bond acceptors (Lipinski definition) is 5. The van der Waals surface area contributed by atoms with Gasteiger partial charge in [-0.2, -0.15) is 0 Å². The van der Waals surface area contributed by atoms with Gasteiger partial charge >= 0.3 is 12.1 Å². The summed E-state index contributed by atoms with van der Waals surface area (Å²) in [5.74, 6) is -1.01. The maximum Gasteiger partial charge on any atom is 0.407 e. The lowest BCUT2D eigenvalue weighted by molar-refractivity contribution is -0.139. The van der Waals surface area contributed by atoms with E-state index in [-0.39, 0.29) is 25.1 Å². The van der Waals surface area contributed by atoms with Crippen molar-refractivity contribution in [3.63, 3.8) is 0 Å². The number of carbonyl (C=O) groups is 2. The van der Waals surface area contributed by atoms with Crippen molar-refractivity contribution in [1.82, 2.24) is 10.2 Å². The van der Waals surface area contributed by atoms with Gasteiger partial charge in [0.25, 0.3) is 0 Å². The fourth-order valence-corrected chi connectivity index (χ4v) is 2.94. The summed E-state index contributed by atoms with van der Waals surface area (Å²) >= 11 is 0. The lowest BCUT2D eigenvalue weighted by Crippen LogP contribution is -2.53. The van der Waals surface area contributed by atoms with Crippen molar-refractivity contribution in [3.8, 4) is 0 Å². The van der Waals surface area contributed by atoms with E-state index in [0.717, 1.165) is 5.56 Å². The summed E-state index contributed by atoms with van der Waals surface area (Å²) in [7, 11) is 0. The van der Waals surface area contributed by atoms with Crippen LogP contribution in [0.5, 0.6) is 0 Å². The molecular formula is C17H24N2O5. The van der Waals surface area contributed by atoms with E-state index in [1.807, 2.05) is 30.3 Å². The third kappa shape index (κ3) is 5.82. The molecule has 0 radical (unpaired) electrons. The first kappa shape index (κ1) is 18.2. The van der Waals surface area contributed by atoms with Crippen molar-refractivity contribution < 1.29 is 24.5 Å². The predicted molar refractivity (Wildman–Crippen MR) is 87.4 cm³/mol. The summed E-state index contributed by atoms with van der Waals surface area (Å²) < 4.78 is 5.20. The largest absolute Gasteiger partial charge is 0.480 e. The number of nitrogens with zero attached hydrogens (tertiary/aromatic N) is 1. The topological polar surface area (TPSA) is 99.1 Å². The highest BCUT2D eigenvalue weighted by Gasteiger charge is 2.31. The Balaban J connectivity index is 1.86. The fourth-order valence-electron chi connectivity index (χ4n) is 2.94. The number of piperidine rings is 1. The Kier molecular flexibility index (Phi) is 6.57. The predicted octanol–water partition coefficient (Wildman–Crippen LogP) is 1.07. The molecule has 24 heavy (non-hydrogen) atoms. The zero-order chi connectivity index (χ0) is 17.5. The first-order valence-corrected chi connectivity index (χ1v) is 8.03. The molecule has 1 fully saturated rings. The van der Waals surface area contributed by atoms with E-state index in [9.17, 15) is 14.7 Å². The SMILES string of the molecule is CC(O)C1CC(NC(=O)OCc2ccccc2)CN(CC(=O)O)C1. The zero-order valence-corrected chi connectivity index (χ0v) is 13.7. The van der Waals surface area contributed by atoms with Crippen molar-refractivity contribution in [1.29, 1.82) is 0 Å². The molecule has 0 aromatic heterocycles. The highest BCUT2D eigenvalue weighted by molar-refractivity contribution is 5.69. The number of benzene rings is 1. The average Bonchev–Trinajstić information content (AvgIpc) is 2.53. The second-order valence-corrected chi connectivity index (χ2v) is 6.23. The maximum atomic E-state index is 12.0. The first-order valence-electron chi connectivity index (χ1n) is 8.03. The smallest absolute Gasteiger partial charge is 0.407 e. The van der Waals surface area contributed by atoms with Gasteiger partial charge in [-0.1, -0.05) is 30.3 Å². The number of alkyl carbamates (subject to hydrolysis) is 1. The summed E-state index contributed by atoms with van der Waals surface area (Å²) in [5, 5.41) is 21.5. The molecule has 1 amide bonds. The lowest BCUT2D eigenvalue weighted by atomic mass is 9.90.